The summed E-state index contributed by atoms with van der Waals surface area (Å²) in [6.07, 6.45) is 1.50. The minimum atomic E-state index is -0.198. The molecule has 0 amide bonds. The van der Waals surface area contributed by atoms with Gasteiger partial charge in [-0.05, 0) is 24.1 Å². The molecular formula is C12H15FN4. The first kappa shape index (κ1) is 11.6. The molecule has 0 bridgehead atoms. The van der Waals surface area contributed by atoms with Crippen LogP contribution in [-0.2, 0) is 19.9 Å². The van der Waals surface area contributed by atoms with Crippen LogP contribution in [0.3, 0.4) is 0 Å². The lowest BCUT2D eigenvalue weighted by atomic mass is 10.1. The zero-order valence-corrected chi connectivity index (χ0v) is 9.94. The second-order valence-corrected chi connectivity index (χ2v) is 3.88. The van der Waals surface area contributed by atoms with E-state index in [0.717, 1.165) is 30.2 Å². The largest absolute Gasteiger partial charge is 0.357 e. The summed E-state index contributed by atoms with van der Waals surface area (Å²) in [6.45, 7) is 0. The zero-order chi connectivity index (χ0) is 12.3. The highest BCUT2D eigenvalue weighted by atomic mass is 19.1. The van der Waals surface area contributed by atoms with Crippen molar-refractivity contribution in [2.24, 2.45) is 7.05 Å². The van der Waals surface area contributed by atoms with Crippen LogP contribution in [-0.4, -0.2) is 21.8 Å². The Hall–Kier alpha value is -1.91. The molecule has 90 valence electrons. The summed E-state index contributed by atoms with van der Waals surface area (Å²) < 4.78 is 14.9. The molecular weight excluding hydrogens is 219 g/mol. The Morgan fingerprint density at radius 1 is 1.29 bits per heavy atom. The molecule has 0 aliphatic heterocycles. The maximum absolute atomic E-state index is 13.0. The van der Waals surface area contributed by atoms with Gasteiger partial charge in [-0.2, -0.15) is 0 Å². The van der Waals surface area contributed by atoms with E-state index in [2.05, 4.69) is 15.5 Å². The van der Waals surface area contributed by atoms with E-state index in [1.54, 1.807) is 19.2 Å². The average molecular weight is 234 g/mol. The van der Waals surface area contributed by atoms with Crippen molar-refractivity contribution in [3.05, 3.63) is 41.5 Å². The highest BCUT2D eigenvalue weighted by Crippen LogP contribution is 2.09. The Morgan fingerprint density at radius 2 is 2.12 bits per heavy atom. The quantitative estimate of drug-likeness (QED) is 0.877. The van der Waals surface area contributed by atoms with Gasteiger partial charge >= 0.3 is 0 Å². The molecule has 17 heavy (non-hydrogen) atoms. The fraction of sp³-hybridized carbons (Fsp3) is 0.333. The third kappa shape index (κ3) is 2.61. The fourth-order valence-corrected chi connectivity index (χ4v) is 1.75. The molecule has 0 spiro atoms. The first-order valence-electron chi connectivity index (χ1n) is 5.51. The molecule has 1 aromatic heterocycles. The Bertz CT molecular complexity index is 507. The van der Waals surface area contributed by atoms with E-state index in [1.807, 2.05) is 17.7 Å². The van der Waals surface area contributed by atoms with E-state index in [1.165, 1.54) is 6.07 Å². The van der Waals surface area contributed by atoms with E-state index in [9.17, 15) is 4.39 Å². The maximum Gasteiger partial charge on any atom is 0.224 e. The molecule has 0 saturated heterocycles. The SMILES string of the molecule is CNc1nnc(CCc2cccc(F)c2)n1C. The monoisotopic (exact) mass is 234 g/mol. The lowest BCUT2D eigenvalue weighted by molar-refractivity contribution is 0.624. The van der Waals surface area contributed by atoms with Crippen LogP contribution in [0.5, 0.6) is 0 Å². The standard InChI is InChI=1S/C12H15FN4/c1-14-12-16-15-11(17(12)2)7-6-9-4-3-5-10(13)8-9/h3-5,8H,6-7H2,1-2H3,(H,14,16). The first-order chi connectivity index (χ1) is 8.20. The molecule has 2 rings (SSSR count). The summed E-state index contributed by atoms with van der Waals surface area (Å²) >= 11 is 0. The maximum atomic E-state index is 13.0. The lowest BCUT2D eigenvalue weighted by Crippen LogP contribution is -2.03. The van der Waals surface area contributed by atoms with Crippen molar-refractivity contribution in [2.75, 3.05) is 12.4 Å². The normalized spacial score (nSPS) is 10.5. The van der Waals surface area contributed by atoms with Gasteiger partial charge in [0.15, 0.2) is 0 Å². The second-order valence-electron chi connectivity index (χ2n) is 3.88. The summed E-state index contributed by atoms with van der Waals surface area (Å²) in [5.41, 5.74) is 0.971. The summed E-state index contributed by atoms with van der Waals surface area (Å²) in [7, 11) is 3.72. The van der Waals surface area contributed by atoms with E-state index >= 15 is 0 Å². The second kappa shape index (κ2) is 4.95. The molecule has 0 aliphatic rings. The molecule has 0 saturated carbocycles. The number of benzene rings is 1. The van der Waals surface area contributed by atoms with E-state index in [4.69, 9.17) is 0 Å². The first-order valence-corrected chi connectivity index (χ1v) is 5.51. The van der Waals surface area contributed by atoms with Crippen LogP contribution in [0.4, 0.5) is 10.3 Å². The number of nitrogens with zero attached hydrogens (tertiary/aromatic N) is 3. The summed E-state index contributed by atoms with van der Waals surface area (Å²) in [5.74, 6) is 1.43. The minimum absolute atomic E-state index is 0.198. The summed E-state index contributed by atoms with van der Waals surface area (Å²) in [6, 6.07) is 6.64. The van der Waals surface area contributed by atoms with Gasteiger partial charge in [0.05, 0.1) is 0 Å². The molecule has 0 radical (unpaired) electrons. The predicted octanol–water partition coefficient (Wildman–Crippen LogP) is 1.78. The van der Waals surface area contributed by atoms with Crippen LogP contribution in [0.2, 0.25) is 0 Å². The highest BCUT2D eigenvalue weighted by molar-refractivity contribution is 5.24. The van der Waals surface area contributed by atoms with Gasteiger partial charge in [-0.15, -0.1) is 10.2 Å². The van der Waals surface area contributed by atoms with Gasteiger partial charge in [-0.25, -0.2) is 4.39 Å². The Balaban J connectivity index is 2.05. The molecule has 0 atom stereocenters. The molecule has 1 aromatic carbocycles. The number of aromatic nitrogens is 3. The van der Waals surface area contributed by atoms with Crippen molar-refractivity contribution in [1.82, 2.24) is 14.8 Å². The molecule has 1 N–H and O–H groups in total. The lowest BCUT2D eigenvalue weighted by Gasteiger charge is -2.03. The third-order valence-corrected chi connectivity index (χ3v) is 2.71. The van der Waals surface area contributed by atoms with Crippen molar-refractivity contribution < 1.29 is 4.39 Å². The number of aryl methyl sites for hydroxylation is 2. The van der Waals surface area contributed by atoms with Crippen molar-refractivity contribution in [1.29, 1.82) is 0 Å². The molecule has 2 aromatic rings. The van der Waals surface area contributed by atoms with Crippen LogP contribution in [0.15, 0.2) is 24.3 Å². The van der Waals surface area contributed by atoms with Crippen LogP contribution in [0, 0.1) is 5.82 Å². The predicted molar refractivity (Wildman–Crippen MR) is 64.4 cm³/mol. The van der Waals surface area contributed by atoms with Crippen LogP contribution in [0.25, 0.3) is 0 Å². The molecule has 5 heteroatoms. The number of halogens is 1. The van der Waals surface area contributed by atoms with Gasteiger partial charge < -0.3 is 9.88 Å². The van der Waals surface area contributed by atoms with Crippen molar-refractivity contribution in [3.8, 4) is 0 Å². The number of hydrogen-bond acceptors (Lipinski definition) is 3. The van der Waals surface area contributed by atoms with Gasteiger partial charge in [0.1, 0.15) is 11.6 Å². The topological polar surface area (TPSA) is 42.7 Å². The van der Waals surface area contributed by atoms with Gasteiger partial charge in [0.2, 0.25) is 5.95 Å². The minimum Gasteiger partial charge on any atom is -0.357 e. The van der Waals surface area contributed by atoms with E-state index in [-0.39, 0.29) is 5.82 Å². The smallest absolute Gasteiger partial charge is 0.224 e. The Morgan fingerprint density at radius 3 is 2.76 bits per heavy atom. The summed E-state index contributed by atoms with van der Waals surface area (Å²) in [5, 5.41) is 11.0. The van der Waals surface area contributed by atoms with Crippen molar-refractivity contribution >= 4 is 5.95 Å². The Labute approximate surface area is 99.5 Å². The zero-order valence-electron chi connectivity index (χ0n) is 9.94. The summed E-state index contributed by atoms with van der Waals surface area (Å²) in [4.78, 5) is 0. The van der Waals surface area contributed by atoms with E-state index in [0.29, 0.717) is 0 Å². The molecule has 0 aliphatic carbocycles. The molecule has 1 heterocycles. The number of hydrogen-bond donors (Lipinski definition) is 1. The van der Waals surface area contributed by atoms with Crippen LogP contribution >= 0.6 is 0 Å². The van der Waals surface area contributed by atoms with E-state index < -0.39 is 0 Å². The molecule has 4 nitrogen and oxygen atoms in total. The third-order valence-electron chi connectivity index (χ3n) is 2.71. The number of rotatable bonds is 4. The highest BCUT2D eigenvalue weighted by Gasteiger charge is 2.07. The molecule has 0 fully saturated rings. The number of anilines is 1. The van der Waals surface area contributed by atoms with Gasteiger partial charge in [-0.3, -0.25) is 0 Å². The number of nitrogens with one attached hydrogen (secondary N) is 1. The van der Waals surface area contributed by atoms with Gasteiger partial charge in [-0.1, -0.05) is 12.1 Å². The molecule has 0 unspecified atom stereocenters. The van der Waals surface area contributed by atoms with Crippen LogP contribution < -0.4 is 5.32 Å². The van der Waals surface area contributed by atoms with Crippen molar-refractivity contribution in [2.45, 2.75) is 12.8 Å². The fourth-order valence-electron chi connectivity index (χ4n) is 1.75. The van der Waals surface area contributed by atoms with Crippen molar-refractivity contribution in [3.63, 3.8) is 0 Å². The van der Waals surface area contributed by atoms with Gasteiger partial charge in [0, 0.05) is 20.5 Å². The average Bonchev–Trinajstić information content (AvgIpc) is 2.67. The van der Waals surface area contributed by atoms with Gasteiger partial charge in [0.25, 0.3) is 0 Å². The van der Waals surface area contributed by atoms with Crippen LogP contribution in [0.1, 0.15) is 11.4 Å². The Kier molecular flexibility index (Phi) is 3.37.